The molecule has 0 bridgehead atoms. The maximum absolute atomic E-state index is 13.0. The molecule has 4 N–H and O–H groups in total. The van der Waals surface area contributed by atoms with Crippen LogP contribution in [0.5, 0.6) is 0 Å². The molecule has 0 aromatic heterocycles. The second kappa shape index (κ2) is 7.05. The minimum atomic E-state index is -0.567. The Hall–Kier alpha value is -2.25. The number of nitrogens with zero attached hydrogens (tertiary/aromatic N) is 1. The minimum Gasteiger partial charge on any atom is -0.330 e. The van der Waals surface area contributed by atoms with E-state index in [0.717, 1.165) is 30.6 Å². The summed E-state index contributed by atoms with van der Waals surface area (Å²) in [5.41, 5.74) is 8.78. The van der Waals surface area contributed by atoms with E-state index in [4.69, 9.17) is 5.73 Å². The topological polar surface area (TPSA) is 105 Å². The maximum atomic E-state index is 13.0. The Balaban J connectivity index is 1.42. The molecule has 27 heavy (non-hydrogen) atoms. The highest BCUT2D eigenvalue weighted by atomic mass is 16.2. The molecule has 4 rings (SSSR count). The van der Waals surface area contributed by atoms with Gasteiger partial charge in [0.2, 0.25) is 11.8 Å². The normalized spacial score (nSPS) is 23.4. The standard InChI is InChI=1S/C20H26N4O3/c21-12-20(6-7-20)8-9-22-10-13-2-1-3-14-11-24(19(27)17(13)14)15-4-5-16(25)23-18(15)26/h1-3,15,22H,4-12,21H2,(H,23,25,26). The lowest BCUT2D eigenvalue weighted by Crippen LogP contribution is -2.52. The van der Waals surface area contributed by atoms with E-state index in [1.165, 1.54) is 12.8 Å². The first-order chi connectivity index (χ1) is 13.0. The zero-order valence-corrected chi connectivity index (χ0v) is 15.4. The van der Waals surface area contributed by atoms with Gasteiger partial charge in [0, 0.05) is 25.1 Å². The maximum Gasteiger partial charge on any atom is 0.255 e. The zero-order valence-electron chi connectivity index (χ0n) is 15.4. The van der Waals surface area contributed by atoms with Gasteiger partial charge in [-0.2, -0.15) is 0 Å². The molecule has 3 aliphatic rings. The number of carbonyl (C=O) groups is 3. The Labute approximate surface area is 158 Å². The minimum absolute atomic E-state index is 0.113. The number of rotatable bonds is 7. The second-order valence-corrected chi connectivity index (χ2v) is 7.98. The largest absolute Gasteiger partial charge is 0.330 e. The van der Waals surface area contributed by atoms with Crippen molar-refractivity contribution in [1.82, 2.24) is 15.5 Å². The van der Waals surface area contributed by atoms with Gasteiger partial charge in [-0.15, -0.1) is 0 Å². The highest BCUT2D eigenvalue weighted by Crippen LogP contribution is 2.47. The molecule has 1 aromatic carbocycles. The molecular weight excluding hydrogens is 344 g/mol. The Morgan fingerprint density at radius 2 is 2.07 bits per heavy atom. The van der Waals surface area contributed by atoms with E-state index in [1.807, 2.05) is 18.2 Å². The predicted octanol–water partition coefficient (Wildman–Crippen LogP) is 0.666. The smallest absolute Gasteiger partial charge is 0.255 e. The van der Waals surface area contributed by atoms with Gasteiger partial charge in [0.25, 0.3) is 5.91 Å². The molecule has 1 aliphatic carbocycles. The molecule has 2 heterocycles. The molecule has 0 spiro atoms. The van der Waals surface area contributed by atoms with E-state index in [2.05, 4.69) is 10.6 Å². The zero-order chi connectivity index (χ0) is 19.0. The van der Waals surface area contributed by atoms with E-state index in [1.54, 1.807) is 4.90 Å². The fourth-order valence-electron chi connectivity index (χ4n) is 4.15. The van der Waals surface area contributed by atoms with Crippen molar-refractivity contribution in [3.05, 3.63) is 34.9 Å². The van der Waals surface area contributed by atoms with Gasteiger partial charge in [0.15, 0.2) is 0 Å². The lowest BCUT2D eigenvalue weighted by Gasteiger charge is -2.29. The van der Waals surface area contributed by atoms with Crippen molar-refractivity contribution in [3.8, 4) is 0 Å². The summed E-state index contributed by atoms with van der Waals surface area (Å²) in [5.74, 6) is -0.752. The number of fused-ring (bicyclic) bond motifs is 1. The molecule has 1 saturated heterocycles. The molecule has 7 heteroatoms. The van der Waals surface area contributed by atoms with Crippen molar-refractivity contribution in [2.45, 2.75) is 51.2 Å². The first-order valence-corrected chi connectivity index (χ1v) is 9.69. The summed E-state index contributed by atoms with van der Waals surface area (Å²) >= 11 is 0. The Morgan fingerprint density at radius 3 is 2.78 bits per heavy atom. The molecule has 2 aliphatic heterocycles. The molecule has 7 nitrogen and oxygen atoms in total. The predicted molar refractivity (Wildman–Crippen MR) is 99.5 cm³/mol. The van der Waals surface area contributed by atoms with Crippen LogP contribution in [0.2, 0.25) is 0 Å². The molecule has 1 atom stereocenters. The Kier molecular flexibility index (Phi) is 4.74. The summed E-state index contributed by atoms with van der Waals surface area (Å²) < 4.78 is 0. The van der Waals surface area contributed by atoms with E-state index in [-0.39, 0.29) is 24.1 Å². The SMILES string of the molecule is NCC1(CCNCc2cccc3c2C(=O)N(C2CCC(=O)NC2=O)C3)CC1. The third-order valence-electron chi connectivity index (χ3n) is 6.18. The highest BCUT2D eigenvalue weighted by Gasteiger charge is 2.41. The number of piperidine rings is 1. The molecular formula is C20H26N4O3. The van der Waals surface area contributed by atoms with Gasteiger partial charge in [-0.1, -0.05) is 18.2 Å². The van der Waals surface area contributed by atoms with Crippen molar-refractivity contribution < 1.29 is 14.4 Å². The van der Waals surface area contributed by atoms with Crippen LogP contribution in [0.3, 0.4) is 0 Å². The molecule has 1 aromatic rings. The van der Waals surface area contributed by atoms with Gasteiger partial charge in [0.1, 0.15) is 6.04 Å². The summed E-state index contributed by atoms with van der Waals surface area (Å²) in [6.45, 7) is 2.67. The van der Waals surface area contributed by atoms with Gasteiger partial charge in [-0.3, -0.25) is 19.7 Å². The van der Waals surface area contributed by atoms with Gasteiger partial charge in [-0.05, 0) is 55.3 Å². The van der Waals surface area contributed by atoms with Crippen LogP contribution >= 0.6 is 0 Å². The first-order valence-electron chi connectivity index (χ1n) is 9.69. The van der Waals surface area contributed by atoms with Crippen molar-refractivity contribution in [2.75, 3.05) is 13.1 Å². The summed E-state index contributed by atoms with van der Waals surface area (Å²) in [6.07, 6.45) is 4.15. The number of imide groups is 1. The van der Waals surface area contributed by atoms with Crippen LogP contribution in [0.4, 0.5) is 0 Å². The van der Waals surface area contributed by atoms with Gasteiger partial charge < -0.3 is 16.0 Å². The number of carbonyl (C=O) groups excluding carboxylic acids is 3. The molecule has 3 amide bonds. The average Bonchev–Trinajstić information content (AvgIpc) is 3.36. The van der Waals surface area contributed by atoms with Gasteiger partial charge >= 0.3 is 0 Å². The van der Waals surface area contributed by atoms with Crippen molar-refractivity contribution in [3.63, 3.8) is 0 Å². The Bertz CT molecular complexity index is 787. The lowest BCUT2D eigenvalue weighted by atomic mass is 10.0. The monoisotopic (exact) mass is 370 g/mol. The van der Waals surface area contributed by atoms with E-state index in [9.17, 15) is 14.4 Å². The Morgan fingerprint density at radius 1 is 1.26 bits per heavy atom. The number of amides is 3. The number of nitrogens with one attached hydrogen (secondary N) is 2. The van der Waals surface area contributed by atoms with E-state index < -0.39 is 6.04 Å². The second-order valence-electron chi connectivity index (χ2n) is 7.98. The van der Waals surface area contributed by atoms with Crippen LogP contribution in [-0.2, 0) is 22.7 Å². The quantitative estimate of drug-likeness (QED) is 0.483. The summed E-state index contributed by atoms with van der Waals surface area (Å²) in [7, 11) is 0. The fourth-order valence-corrected chi connectivity index (χ4v) is 4.15. The summed E-state index contributed by atoms with van der Waals surface area (Å²) in [6, 6.07) is 5.30. The van der Waals surface area contributed by atoms with Crippen LogP contribution in [0.25, 0.3) is 0 Å². The van der Waals surface area contributed by atoms with Crippen molar-refractivity contribution >= 4 is 17.7 Å². The third kappa shape index (κ3) is 3.49. The van der Waals surface area contributed by atoms with Crippen molar-refractivity contribution in [1.29, 1.82) is 0 Å². The molecule has 1 saturated carbocycles. The number of hydrogen-bond acceptors (Lipinski definition) is 5. The summed E-state index contributed by atoms with van der Waals surface area (Å²) in [4.78, 5) is 38.2. The molecule has 0 radical (unpaired) electrons. The number of hydrogen-bond donors (Lipinski definition) is 3. The van der Waals surface area contributed by atoms with E-state index in [0.29, 0.717) is 30.5 Å². The third-order valence-corrected chi connectivity index (χ3v) is 6.18. The molecule has 1 unspecified atom stereocenters. The van der Waals surface area contributed by atoms with Gasteiger partial charge in [-0.25, -0.2) is 0 Å². The van der Waals surface area contributed by atoms with Gasteiger partial charge in [0.05, 0.1) is 0 Å². The summed E-state index contributed by atoms with van der Waals surface area (Å²) in [5, 5.41) is 5.78. The van der Waals surface area contributed by atoms with Crippen LogP contribution in [-0.4, -0.2) is 41.8 Å². The van der Waals surface area contributed by atoms with Crippen LogP contribution < -0.4 is 16.4 Å². The first kappa shape index (κ1) is 18.1. The molecule has 2 fully saturated rings. The fraction of sp³-hybridized carbons (Fsp3) is 0.550. The molecule has 144 valence electrons. The average molecular weight is 370 g/mol. The van der Waals surface area contributed by atoms with Crippen LogP contribution in [0.15, 0.2) is 18.2 Å². The van der Waals surface area contributed by atoms with Crippen LogP contribution in [0, 0.1) is 5.41 Å². The highest BCUT2D eigenvalue weighted by molar-refractivity contribution is 6.05. The van der Waals surface area contributed by atoms with E-state index >= 15 is 0 Å². The van der Waals surface area contributed by atoms with Crippen molar-refractivity contribution in [2.24, 2.45) is 11.1 Å². The number of nitrogens with two attached hydrogens (primary N) is 1. The lowest BCUT2D eigenvalue weighted by molar-refractivity contribution is -0.136. The van der Waals surface area contributed by atoms with Crippen LogP contribution in [0.1, 0.15) is 53.6 Å². The number of benzene rings is 1.